The van der Waals surface area contributed by atoms with Crippen molar-refractivity contribution in [3.05, 3.63) is 59.7 Å². The molecule has 1 amide bonds. The molecule has 27 heavy (non-hydrogen) atoms. The summed E-state index contributed by atoms with van der Waals surface area (Å²) in [5, 5.41) is 2.94. The number of hydrogen-bond donors (Lipinski definition) is 1. The Balaban J connectivity index is 1.77. The lowest BCUT2D eigenvalue weighted by molar-refractivity contribution is 0.0951. The number of ether oxygens (including phenoxy) is 2. The fourth-order valence-corrected chi connectivity index (χ4v) is 2.37. The molecular formula is C22H30N2O3. The predicted octanol–water partition coefficient (Wildman–Crippen LogP) is 3.74. The van der Waals surface area contributed by atoms with Crippen LogP contribution in [0.25, 0.3) is 0 Å². The van der Waals surface area contributed by atoms with Crippen LogP contribution in [-0.4, -0.2) is 44.7 Å². The first kappa shape index (κ1) is 20.8. The van der Waals surface area contributed by atoms with Crippen molar-refractivity contribution in [1.82, 2.24) is 10.2 Å². The zero-order valence-corrected chi connectivity index (χ0v) is 16.5. The van der Waals surface area contributed by atoms with Crippen molar-refractivity contribution in [1.29, 1.82) is 0 Å². The summed E-state index contributed by atoms with van der Waals surface area (Å²) in [6.45, 7) is 4.84. The van der Waals surface area contributed by atoms with Gasteiger partial charge in [-0.25, -0.2) is 0 Å². The Kier molecular flexibility index (Phi) is 8.65. The largest absolute Gasteiger partial charge is 0.494 e. The SMILES string of the molecule is CCCCOc1ccc(C(=O)NCc2ccc(OCCN(C)C)cc2)cc1. The van der Waals surface area contributed by atoms with Gasteiger partial charge in [0.15, 0.2) is 0 Å². The number of benzene rings is 2. The molecule has 0 heterocycles. The lowest BCUT2D eigenvalue weighted by atomic mass is 10.2. The molecule has 0 aliphatic heterocycles. The van der Waals surface area contributed by atoms with Crippen LogP contribution < -0.4 is 14.8 Å². The van der Waals surface area contributed by atoms with Gasteiger partial charge in [-0.05, 0) is 62.5 Å². The van der Waals surface area contributed by atoms with E-state index in [1.165, 1.54) is 0 Å². The molecule has 0 aliphatic rings. The van der Waals surface area contributed by atoms with E-state index in [1.54, 1.807) is 12.1 Å². The highest BCUT2D eigenvalue weighted by atomic mass is 16.5. The molecule has 0 saturated carbocycles. The van der Waals surface area contributed by atoms with Crippen LogP contribution in [0.5, 0.6) is 11.5 Å². The minimum atomic E-state index is -0.0959. The number of likely N-dealkylation sites (N-methyl/N-ethyl adjacent to an activating group) is 1. The standard InChI is InChI=1S/C22H30N2O3/c1-4-5-15-26-21-12-8-19(9-13-21)22(25)23-17-18-6-10-20(11-7-18)27-16-14-24(2)3/h6-13H,4-5,14-17H2,1-3H3,(H,23,25). The van der Waals surface area contributed by atoms with E-state index in [4.69, 9.17) is 9.47 Å². The molecule has 2 aromatic rings. The molecule has 5 heteroatoms. The summed E-state index contributed by atoms with van der Waals surface area (Å²) in [5.41, 5.74) is 1.66. The predicted molar refractivity (Wildman–Crippen MR) is 109 cm³/mol. The summed E-state index contributed by atoms with van der Waals surface area (Å²) in [6, 6.07) is 15.1. The normalized spacial score (nSPS) is 10.7. The van der Waals surface area contributed by atoms with Crippen molar-refractivity contribution in [3.8, 4) is 11.5 Å². The van der Waals surface area contributed by atoms with Gasteiger partial charge in [0.1, 0.15) is 18.1 Å². The van der Waals surface area contributed by atoms with Crippen LogP contribution in [0.1, 0.15) is 35.7 Å². The van der Waals surface area contributed by atoms with Gasteiger partial charge in [-0.1, -0.05) is 25.5 Å². The van der Waals surface area contributed by atoms with Crippen molar-refractivity contribution >= 4 is 5.91 Å². The van der Waals surface area contributed by atoms with Crippen LogP contribution >= 0.6 is 0 Å². The summed E-state index contributed by atoms with van der Waals surface area (Å²) in [4.78, 5) is 14.4. The van der Waals surface area contributed by atoms with Crippen molar-refractivity contribution in [3.63, 3.8) is 0 Å². The number of amides is 1. The smallest absolute Gasteiger partial charge is 0.251 e. The van der Waals surface area contributed by atoms with Crippen LogP contribution in [0.3, 0.4) is 0 Å². The summed E-state index contributed by atoms with van der Waals surface area (Å²) in [6.07, 6.45) is 2.13. The monoisotopic (exact) mass is 370 g/mol. The van der Waals surface area contributed by atoms with E-state index in [9.17, 15) is 4.79 Å². The lowest BCUT2D eigenvalue weighted by Crippen LogP contribution is -2.22. The summed E-state index contributed by atoms with van der Waals surface area (Å²) in [5.74, 6) is 1.54. The van der Waals surface area contributed by atoms with E-state index in [0.29, 0.717) is 25.3 Å². The Bertz CT molecular complexity index is 682. The topological polar surface area (TPSA) is 50.8 Å². The molecule has 0 spiro atoms. The average molecular weight is 370 g/mol. The van der Waals surface area contributed by atoms with Crippen molar-refractivity contribution in [2.24, 2.45) is 0 Å². The van der Waals surface area contributed by atoms with E-state index in [-0.39, 0.29) is 5.91 Å². The molecule has 0 atom stereocenters. The highest BCUT2D eigenvalue weighted by molar-refractivity contribution is 5.94. The van der Waals surface area contributed by atoms with Gasteiger partial charge in [-0.15, -0.1) is 0 Å². The van der Waals surface area contributed by atoms with Gasteiger partial charge in [0.25, 0.3) is 5.91 Å². The van der Waals surface area contributed by atoms with E-state index >= 15 is 0 Å². The lowest BCUT2D eigenvalue weighted by Gasteiger charge is -2.11. The number of carbonyl (C=O) groups is 1. The zero-order chi connectivity index (χ0) is 19.5. The highest BCUT2D eigenvalue weighted by Gasteiger charge is 2.06. The van der Waals surface area contributed by atoms with Crippen LogP contribution in [0.4, 0.5) is 0 Å². The van der Waals surface area contributed by atoms with Gasteiger partial charge in [-0.3, -0.25) is 4.79 Å². The maximum Gasteiger partial charge on any atom is 0.251 e. The molecule has 0 bridgehead atoms. The van der Waals surface area contributed by atoms with Crippen LogP contribution in [0.15, 0.2) is 48.5 Å². The van der Waals surface area contributed by atoms with E-state index < -0.39 is 0 Å². The Morgan fingerprint density at radius 2 is 1.52 bits per heavy atom. The summed E-state index contributed by atoms with van der Waals surface area (Å²) < 4.78 is 11.3. The molecule has 146 valence electrons. The zero-order valence-electron chi connectivity index (χ0n) is 16.5. The van der Waals surface area contributed by atoms with Gasteiger partial charge in [-0.2, -0.15) is 0 Å². The van der Waals surface area contributed by atoms with Gasteiger partial charge >= 0.3 is 0 Å². The number of carbonyl (C=O) groups excluding carboxylic acids is 1. The minimum Gasteiger partial charge on any atom is -0.494 e. The third-order valence-electron chi connectivity index (χ3n) is 4.07. The van der Waals surface area contributed by atoms with Crippen molar-refractivity contribution < 1.29 is 14.3 Å². The van der Waals surface area contributed by atoms with Crippen LogP contribution in [0.2, 0.25) is 0 Å². The number of rotatable bonds is 11. The molecule has 0 fully saturated rings. The molecule has 1 N–H and O–H groups in total. The van der Waals surface area contributed by atoms with Gasteiger partial charge in [0.2, 0.25) is 0 Å². The Hall–Kier alpha value is -2.53. The Morgan fingerprint density at radius 1 is 0.926 bits per heavy atom. The first-order chi connectivity index (χ1) is 13.1. The number of unbranched alkanes of at least 4 members (excludes halogenated alkanes) is 1. The van der Waals surface area contributed by atoms with E-state index in [2.05, 4.69) is 17.1 Å². The van der Waals surface area contributed by atoms with Gasteiger partial charge in [0, 0.05) is 18.7 Å². The maximum atomic E-state index is 12.3. The first-order valence-electron chi connectivity index (χ1n) is 9.46. The second-order valence-corrected chi connectivity index (χ2v) is 6.70. The Morgan fingerprint density at radius 3 is 2.11 bits per heavy atom. The fourth-order valence-electron chi connectivity index (χ4n) is 2.37. The first-order valence-corrected chi connectivity index (χ1v) is 9.46. The molecule has 0 radical (unpaired) electrons. The van der Waals surface area contributed by atoms with Crippen LogP contribution in [-0.2, 0) is 6.54 Å². The quantitative estimate of drug-likeness (QED) is 0.612. The maximum absolute atomic E-state index is 12.3. The summed E-state index contributed by atoms with van der Waals surface area (Å²) >= 11 is 0. The highest BCUT2D eigenvalue weighted by Crippen LogP contribution is 2.14. The minimum absolute atomic E-state index is 0.0959. The fraction of sp³-hybridized carbons (Fsp3) is 0.409. The molecule has 0 aliphatic carbocycles. The molecule has 0 saturated heterocycles. The number of nitrogens with zero attached hydrogens (tertiary/aromatic N) is 1. The Labute approximate surface area is 162 Å². The van der Waals surface area contributed by atoms with Gasteiger partial charge in [0.05, 0.1) is 6.61 Å². The molecule has 2 aromatic carbocycles. The third-order valence-corrected chi connectivity index (χ3v) is 4.07. The van der Waals surface area contributed by atoms with Crippen molar-refractivity contribution in [2.45, 2.75) is 26.3 Å². The molecule has 0 aromatic heterocycles. The van der Waals surface area contributed by atoms with E-state index in [0.717, 1.165) is 36.4 Å². The van der Waals surface area contributed by atoms with Gasteiger partial charge < -0.3 is 19.7 Å². The molecule has 0 unspecified atom stereocenters. The summed E-state index contributed by atoms with van der Waals surface area (Å²) in [7, 11) is 4.03. The number of hydrogen-bond acceptors (Lipinski definition) is 4. The third kappa shape index (κ3) is 7.71. The van der Waals surface area contributed by atoms with E-state index in [1.807, 2.05) is 50.5 Å². The molecule has 5 nitrogen and oxygen atoms in total. The second-order valence-electron chi connectivity index (χ2n) is 6.70. The number of nitrogens with one attached hydrogen (secondary N) is 1. The second kappa shape index (κ2) is 11.2. The van der Waals surface area contributed by atoms with Crippen molar-refractivity contribution in [2.75, 3.05) is 33.9 Å². The molecule has 2 rings (SSSR count). The average Bonchev–Trinajstić information content (AvgIpc) is 2.67. The molecular weight excluding hydrogens is 340 g/mol. The van der Waals surface area contributed by atoms with Crippen LogP contribution in [0, 0.1) is 0 Å².